The van der Waals surface area contributed by atoms with Crippen molar-refractivity contribution >= 4 is 17.5 Å². The molecular weight excluding hydrogens is 308 g/mol. The summed E-state index contributed by atoms with van der Waals surface area (Å²) in [6.45, 7) is 4.82. The molecule has 1 N–H and O–H groups in total. The second-order valence-electron chi connectivity index (χ2n) is 5.76. The number of nitrogens with zero attached hydrogens (tertiary/aromatic N) is 1. The van der Waals surface area contributed by atoms with Gasteiger partial charge in [-0.1, -0.05) is 13.0 Å². The Labute approximate surface area is 140 Å². The molecule has 1 aliphatic rings. The number of furan rings is 1. The van der Waals surface area contributed by atoms with Crippen molar-refractivity contribution in [3.8, 4) is 5.75 Å². The van der Waals surface area contributed by atoms with Gasteiger partial charge in [0.2, 0.25) is 0 Å². The van der Waals surface area contributed by atoms with E-state index < -0.39 is 0 Å². The number of hydrogen-bond donors (Lipinski definition) is 1. The van der Waals surface area contributed by atoms with E-state index in [0.29, 0.717) is 23.7 Å². The van der Waals surface area contributed by atoms with Crippen molar-refractivity contribution in [1.29, 1.82) is 0 Å². The van der Waals surface area contributed by atoms with Crippen molar-refractivity contribution in [3.63, 3.8) is 0 Å². The van der Waals surface area contributed by atoms with E-state index in [9.17, 15) is 9.59 Å². The van der Waals surface area contributed by atoms with Crippen molar-refractivity contribution in [2.45, 2.75) is 26.8 Å². The molecule has 126 valence electrons. The van der Waals surface area contributed by atoms with E-state index in [0.717, 1.165) is 12.0 Å². The minimum atomic E-state index is -0.243. The van der Waals surface area contributed by atoms with Crippen molar-refractivity contribution in [2.75, 3.05) is 18.1 Å². The molecule has 0 fully saturated rings. The molecule has 2 aromatic rings. The summed E-state index contributed by atoms with van der Waals surface area (Å²) in [6, 6.07) is 9.04. The van der Waals surface area contributed by atoms with Crippen molar-refractivity contribution in [3.05, 3.63) is 47.4 Å². The fraction of sp³-hybridized carbons (Fsp3) is 0.333. The second kappa shape index (κ2) is 6.78. The maximum atomic E-state index is 12.2. The average molecular weight is 328 g/mol. The molecular formula is C18H20N2O4. The number of carbonyl (C=O) groups is 2. The molecule has 0 spiro atoms. The Kier molecular flexibility index (Phi) is 4.55. The summed E-state index contributed by atoms with van der Waals surface area (Å²) in [4.78, 5) is 25.7. The highest BCUT2D eigenvalue weighted by molar-refractivity contribution is 5.97. The van der Waals surface area contributed by atoms with Crippen LogP contribution < -0.4 is 15.0 Å². The number of amides is 2. The van der Waals surface area contributed by atoms with Gasteiger partial charge in [0.1, 0.15) is 11.5 Å². The van der Waals surface area contributed by atoms with Crippen LogP contribution >= 0.6 is 0 Å². The summed E-state index contributed by atoms with van der Waals surface area (Å²) in [5.74, 6) is 1.11. The van der Waals surface area contributed by atoms with Gasteiger partial charge in [-0.2, -0.15) is 0 Å². The van der Waals surface area contributed by atoms with Gasteiger partial charge in [0.25, 0.3) is 11.8 Å². The number of nitrogens with one attached hydrogen (secondary N) is 1. The fourth-order valence-electron chi connectivity index (χ4n) is 2.55. The number of ether oxygens (including phenoxy) is 1. The minimum absolute atomic E-state index is 0.000997. The van der Waals surface area contributed by atoms with Crippen LogP contribution in [0.25, 0.3) is 0 Å². The van der Waals surface area contributed by atoms with Gasteiger partial charge < -0.3 is 14.5 Å². The highest BCUT2D eigenvalue weighted by Gasteiger charge is 2.26. The molecule has 0 radical (unpaired) electrons. The largest absolute Gasteiger partial charge is 0.482 e. The van der Waals surface area contributed by atoms with Crippen LogP contribution in [0.3, 0.4) is 0 Å². The van der Waals surface area contributed by atoms with E-state index >= 15 is 0 Å². The predicted molar refractivity (Wildman–Crippen MR) is 89.2 cm³/mol. The van der Waals surface area contributed by atoms with Crippen LogP contribution in [0.15, 0.2) is 34.7 Å². The lowest BCUT2D eigenvalue weighted by Gasteiger charge is -2.28. The monoisotopic (exact) mass is 328 g/mol. The zero-order valence-corrected chi connectivity index (χ0v) is 13.8. The Balaban J connectivity index is 1.78. The maximum absolute atomic E-state index is 12.2. The van der Waals surface area contributed by atoms with Gasteiger partial charge >= 0.3 is 0 Å². The van der Waals surface area contributed by atoms with Crippen LogP contribution in [0, 0.1) is 6.92 Å². The van der Waals surface area contributed by atoms with Crippen molar-refractivity contribution in [1.82, 2.24) is 5.32 Å². The standard InChI is InChI=1S/C18H20N2O4/c1-3-8-19-18(22)15-7-5-13(24-15)10-20-14-6-4-12(2)9-16(14)23-11-17(20)21/h4-7,9H,3,8,10-11H2,1-2H3,(H,19,22). The van der Waals surface area contributed by atoms with Crippen LogP contribution in [-0.2, 0) is 11.3 Å². The summed E-state index contributed by atoms with van der Waals surface area (Å²) < 4.78 is 11.1. The molecule has 0 unspecified atom stereocenters. The lowest BCUT2D eigenvalue weighted by atomic mass is 10.1. The van der Waals surface area contributed by atoms with Gasteiger partial charge in [-0.05, 0) is 43.2 Å². The third kappa shape index (κ3) is 3.27. The number of carbonyl (C=O) groups excluding carboxylic acids is 2. The number of anilines is 1. The molecule has 0 bridgehead atoms. The molecule has 2 heterocycles. The predicted octanol–water partition coefficient (Wildman–Crippen LogP) is 2.65. The lowest BCUT2D eigenvalue weighted by molar-refractivity contribution is -0.121. The topological polar surface area (TPSA) is 71.8 Å². The van der Waals surface area contributed by atoms with Gasteiger partial charge in [-0.3, -0.25) is 14.5 Å². The zero-order chi connectivity index (χ0) is 17.1. The van der Waals surface area contributed by atoms with Gasteiger partial charge in [-0.25, -0.2) is 0 Å². The molecule has 6 heteroatoms. The first kappa shape index (κ1) is 16.1. The Bertz CT molecular complexity index is 766. The molecule has 0 atom stereocenters. The van der Waals surface area contributed by atoms with E-state index in [-0.39, 0.29) is 30.7 Å². The van der Waals surface area contributed by atoms with Crippen molar-refractivity contribution in [2.24, 2.45) is 0 Å². The third-order valence-corrected chi connectivity index (χ3v) is 3.79. The number of benzene rings is 1. The number of rotatable bonds is 5. The van der Waals surface area contributed by atoms with Crippen LogP contribution in [0.2, 0.25) is 0 Å². The molecule has 6 nitrogen and oxygen atoms in total. The van der Waals surface area contributed by atoms with Crippen LogP contribution in [0.4, 0.5) is 5.69 Å². The highest BCUT2D eigenvalue weighted by Crippen LogP contribution is 2.33. The number of aryl methyl sites for hydroxylation is 1. The van der Waals surface area contributed by atoms with Crippen LogP contribution in [0.1, 0.15) is 35.2 Å². The Hall–Kier alpha value is -2.76. The lowest BCUT2D eigenvalue weighted by Crippen LogP contribution is -2.38. The quantitative estimate of drug-likeness (QED) is 0.916. The summed E-state index contributed by atoms with van der Waals surface area (Å²) in [6.07, 6.45) is 0.859. The van der Waals surface area contributed by atoms with E-state index in [1.807, 2.05) is 32.0 Å². The SMILES string of the molecule is CCCNC(=O)c1ccc(CN2C(=O)COc3cc(C)ccc32)o1. The summed E-state index contributed by atoms with van der Waals surface area (Å²) in [5, 5.41) is 2.76. The number of hydrogen-bond acceptors (Lipinski definition) is 4. The zero-order valence-electron chi connectivity index (χ0n) is 13.8. The first-order chi connectivity index (χ1) is 11.6. The second-order valence-corrected chi connectivity index (χ2v) is 5.76. The summed E-state index contributed by atoms with van der Waals surface area (Å²) >= 11 is 0. The highest BCUT2D eigenvalue weighted by atomic mass is 16.5. The maximum Gasteiger partial charge on any atom is 0.286 e. The first-order valence-electron chi connectivity index (χ1n) is 7.99. The van der Waals surface area contributed by atoms with Gasteiger partial charge in [0.15, 0.2) is 12.4 Å². The van der Waals surface area contributed by atoms with E-state index in [1.165, 1.54) is 0 Å². The average Bonchev–Trinajstić information content (AvgIpc) is 3.04. The Morgan fingerprint density at radius 2 is 2.12 bits per heavy atom. The molecule has 1 aromatic heterocycles. The smallest absolute Gasteiger partial charge is 0.286 e. The minimum Gasteiger partial charge on any atom is -0.482 e. The molecule has 2 amide bonds. The molecule has 3 rings (SSSR count). The Morgan fingerprint density at radius 1 is 1.29 bits per heavy atom. The van der Waals surface area contributed by atoms with Crippen molar-refractivity contribution < 1.29 is 18.7 Å². The van der Waals surface area contributed by atoms with Gasteiger partial charge in [-0.15, -0.1) is 0 Å². The van der Waals surface area contributed by atoms with Gasteiger partial charge in [0, 0.05) is 6.54 Å². The summed E-state index contributed by atoms with van der Waals surface area (Å²) in [5.41, 5.74) is 1.78. The Morgan fingerprint density at radius 3 is 2.92 bits per heavy atom. The fourth-order valence-corrected chi connectivity index (χ4v) is 2.55. The van der Waals surface area contributed by atoms with E-state index in [4.69, 9.17) is 9.15 Å². The van der Waals surface area contributed by atoms with Gasteiger partial charge in [0.05, 0.1) is 12.2 Å². The molecule has 0 aliphatic carbocycles. The van der Waals surface area contributed by atoms with E-state index in [2.05, 4.69) is 5.32 Å². The molecule has 0 saturated heterocycles. The van der Waals surface area contributed by atoms with Crippen LogP contribution in [0.5, 0.6) is 5.75 Å². The normalized spacial score (nSPS) is 13.4. The first-order valence-corrected chi connectivity index (χ1v) is 7.99. The van der Waals surface area contributed by atoms with Crippen LogP contribution in [-0.4, -0.2) is 25.0 Å². The third-order valence-electron chi connectivity index (χ3n) is 3.79. The molecule has 1 aliphatic heterocycles. The molecule has 24 heavy (non-hydrogen) atoms. The molecule has 1 aromatic carbocycles. The van der Waals surface area contributed by atoms with E-state index in [1.54, 1.807) is 17.0 Å². The number of fused-ring (bicyclic) bond motifs is 1. The molecule has 0 saturated carbocycles. The summed E-state index contributed by atoms with van der Waals surface area (Å²) in [7, 11) is 0.